The minimum atomic E-state index is -0.414. The molecular formula is C13H20O2. The molecule has 1 aliphatic carbocycles. The summed E-state index contributed by atoms with van der Waals surface area (Å²) in [5.41, 5.74) is -0.414. The first-order chi connectivity index (χ1) is 7.00. The molecule has 0 radical (unpaired) electrons. The van der Waals surface area contributed by atoms with Gasteiger partial charge in [-0.05, 0) is 31.8 Å². The van der Waals surface area contributed by atoms with Gasteiger partial charge in [0.05, 0.1) is 0 Å². The lowest BCUT2D eigenvalue weighted by Crippen LogP contribution is -2.36. The van der Waals surface area contributed by atoms with Gasteiger partial charge in [0.25, 0.3) is 0 Å². The zero-order valence-corrected chi connectivity index (χ0v) is 9.88. The van der Waals surface area contributed by atoms with Gasteiger partial charge in [0.2, 0.25) is 0 Å². The van der Waals surface area contributed by atoms with Gasteiger partial charge in [-0.1, -0.05) is 19.9 Å². The molecule has 0 unspecified atom stereocenters. The smallest absolute Gasteiger partial charge is 0.155 e. The third kappa shape index (κ3) is 2.55. The zero-order chi connectivity index (χ0) is 11.5. The summed E-state index contributed by atoms with van der Waals surface area (Å²) in [5.74, 6) is 0.725. The lowest BCUT2D eigenvalue weighted by Gasteiger charge is -2.35. The summed E-state index contributed by atoms with van der Waals surface area (Å²) in [6.07, 6.45) is 6.64. The van der Waals surface area contributed by atoms with Crippen LogP contribution in [0.5, 0.6) is 0 Å². The molecule has 1 fully saturated rings. The van der Waals surface area contributed by atoms with Crippen LogP contribution in [-0.2, 0) is 9.59 Å². The van der Waals surface area contributed by atoms with Crippen LogP contribution < -0.4 is 0 Å². The van der Waals surface area contributed by atoms with Crippen molar-refractivity contribution in [2.75, 3.05) is 0 Å². The van der Waals surface area contributed by atoms with E-state index in [1.807, 2.05) is 19.9 Å². The Morgan fingerprint density at radius 2 is 2.27 bits per heavy atom. The van der Waals surface area contributed by atoms with Crippen molar-refractivity contribution in [3.8, 4) is 0 Å². The topological polar surface area (TPSA) is 34.1 Å². The molecule has 2 nitrogen and oxygen atoms in total. The normalized spacial score (nSPS) is 32.2. The molecule has 1 aliphatic rings. The first-order valence-corrected chi connectivity index (χ1v) is 5.76. The largest absolute Gasteiger partial charge is 0.299 e. The minimum Gasteiger partial charge on any atom is -0.299 e. The molecule has 15 heavy (non-hydrogen) atoms. The number of hydrogen-bond acceptors (Lipinski definition) is 2. The molecule has 0 aromatic carbocycles. The maximum Gasteiger partial charge on any atom is 0.155 e. The molecule has 0 N–H and O–H groups in total. The van der Waals surface area contributed by atoms with E-state index in [4.69, 9.17) is 0 Å². The van der Waals surface area contributed by atoms with Crippen molar-refractivity contribution in [3.63, 3.8) is 0 Å². The molecule has 0 saturated heterocycles. The van der Waals surface area contributed by atoms with E-state index >= 15 is 0 Å². The maximum absolute atomic E-state index is 11.9. The van der Waals surface area contributed by atoms with E-state index < -0.39 is 5.41 Å². The second-order valence-corrected chi connectivity index (χ2v) is 4.65. The lowest BCUT2D eigenvalue weighted by atomic mass is 9.67. The molecule has 1 rings (SSSR count). The molecule has 0 bridgehead atoms. The van der Waals surface area contributed by atoms with E-state index in [1.165, 1.54) is 0 Å². The van der Waals surface area contributed by atoms with Gasteiger partial charge in [0.1, 0.15) is 5.78 Å². The van der Waals surface area contributed by atoms with Crippen LogP contribution in [0.25, 0.3) is 0 Å². The third-order valence-corrected chi connectivity index (χ3v) is 3.63. The Bertz CT molecular complexity index is 291. The fraction of sp³-hybridized carbons (Fsp3) is 0.692. The number of ketones is 2. The molecule has 2 heteroatoms. The molecule has 0 aromatic heterocycles. The van der Waals surface area contributed by atoms with Crippen molar-refractivity contribution in [2.24, 2.45) is 11.3 Å². The molecule has 1 saturated carbocycles. The van der Waals surface area contributed by atoms with Crippen LogP contribution in [0.15, 0.2) is 12.2 Å². The first kappa shape index (κ1) is 12.2. The average Bonchev–Trinajstić information content (AvgIpc) is 2.23. The van der Waals surface area contributed by atoms with Crippen molar-refractivity contribution in [1.29, 1.82) is 0 Å². The number of rotatable bonds is 3. The summed E-state index contributed by atoms with van der Waals surface area (Å²) in [6, 6.07) is 0. The Kier molecular flexibility index (Phi) is 3.83. The molecular weight excluding hydrogens is 188 g/mol. The van der Waals surface area contributed by atoms with Crippen LogP contribution in [0, 0.1) is 11.3 Å². The average molecular weight is 208 g/mol. The monoisotopic (exact) mass is 208 g/mol. The standard InChI is InChI=1S/C13H20O2/c1-4-11(14)8-9-13(3)10(2)6-5-7-12(13)15/h8-10H,4-7H2,1-3H3/b9-8+/t10-,13+/m0/s1. The fourth-order valence-corrected chi connectivity index (χ4v) is 2.05. The van der Waals surface area contributed by atoms with Crippen LogP contribution in [-0.4, -0.2) is 11.6 Å². The lowest BCUT2D eigenvalue weighted by molar-refractivity contribution is -0.130. The van der Waals surface area contributed by atoms with Crippen molar-refractivity contribution in [2.45, 2.75) is 46.5 Å². The van der Waals surface area contributed by atoms with Gasteiger partial charge in [-0.2, -0.15) is 0 Å². The van der Waals surface area contributed by atoms with Gasteiger partial charge in [-0.25, -0.2) is 0 Å². The van der Waals surface area contributed by atoms with Crippen molar-refractivity contribution >= 4 is 11.6 Å². The number of carbonyl (C=O) groups excluding carboxylic acids is 2. The van der Waals surface area contributed by atoms with Crippen molar-refractivity contribution < 1.29 is 9.59 Å². The summed E-state index contributed by atoms with van der Waals surface area (Å²) in [4.78, 5) is 23.1. The second kappa shape index (κ2) is 4.73. The van der Waals surface area contributed by atoms with Gasteiger partial charge in [0.15, 0.2) is 5.78 Å². The van der Waals surface area contributed by atoms with E-state index in [-0.39, 0.29) is 11.6 Å². The van der Waals surface area contributed by atoms with Crippen LogP contribution in [0.2, 0.25) is 0 Å². The third-order valence-electron chi connectivity index (χ3n) is 3.63. The van der Waals surface area contributed by atoms with Crippen LogP contribution in [0.1, 0.15) is 46.5 Å². The quantitative estimate of drug-likeness (QED) is 0.668. The summed E-state index contributed by atoms with van der Waals surface area (Å²) < 4.78 is 0. The first-order valence-electron chi connectivity index (χ1n) is 5.76. The van der Waals surface area contributed by atoms with Crippen LogP contribution >= 0.6 is 0 Å². The molecule has 0 aliphatic heterocycles. The zero-order valence-electron chi connectivity index (χ0n) is 9.88. The van der Waals surface area contributed by atoms with Crippen LogP contribution in [0.4, 0.5) is 0 Å². The highest BCUT2D eigenvalue weighted by Crippen LogP contribution is 2.39. The van der Waals surface area contributed by atoms with Crippen molar-refractivity contribution in [3.05, 3.63) is 12.2 Å². The molecule has 0 heterocycles. The fourth-order valence-electron chi connectivity index (χ4n) is 2.05. The van der Waals surface area contributed by atoms with E-state index in [0.717, 1.165) is 12.8 Å². The summed E-state index contributed by atoms with van der Waals surface area (Å²) in [5, 5.41) is 0. The predicted octanol–water partition coefficient (Wildman–Crippen LogP) is 2.92. The number of hydrogen-bond donors (Lipinski definition) is 0. The molecule has 0 aromatic rings. The van der Waals surface area contributed by atoms with Gasteiger partial charge in [-0.15, -0.1) is 0 Å². The van der Waals surface area contributed by atoms with Gasteiger partial charge in [0, 0.05) is 18.3 Å². The summed E-state index contributed by atoms with van der Waals surface area (Å²) in [7, 11) is 0. The molecule has 0 spiro atoms. The van der Waals surface area contributed by atoms with Crippen LogP contribution in [0.3, 0.4) is 0 Å². The van der Waals surface area contributed by atoms with E-state index in [0.29, 0.717) is 18.8 Å². The Balaban J connectivity index is 2.82. The highest BCUT2D eigenvalue weighted by Gasteiger charge is 2.38. The van der Waals surface area contributed by atoms with E-state index in [2.05, 4.69) is 6.92 Å². The highest BCUT2D eigenvalue weighted by atomic mass is 16.1. The Morgan fingerprint density at radius 1 is 1.60 bits per heavy atom. The number of allylic oxidation sites excluding steroid dienone is 2. The SMILES string of the molecule is CCC(=O)/C=C/[C@@]1(C)C(=O)CCC[C@@H]1C. The Hall–Kier alpha value is -0.920. The predicted molar refractivity (Wildman–Crippen MR) is 60.6 cm³/mol. The molecule has 2 atom stereocenters. The Labute approximate surface area is 91.7 Å². The highest BCUT2D eigenvalue weighted by molar-refractivity contribution is 5.92. The van der Waals surface area contributed by atoms with E-state index in [9.17, 15) is 9.59 Å². The maximum atomic E-state index is 11.9. The summed E-state index contributed by atoms with van der Waals surface area (Å²) >= 11 is 0. The van der Waals surface area contributed by atoms with Gasteiger partial charge in [-0.3, -0.25) is 9.59 Å². The summed E-state index contributed by atoms with van der Waals surface area (Å²) in [6.45, 7) is 5.89. The second-order valence-electron chi connectivity index (χ2n) is 4.65. The number of carbonyl (C=O) groups is 2. The minimum absolute atomic E-state index is 0.0989. The molecule has 84 valence electrons. The number of Topliss-reactive ketones (excluding diaryl/α,β-unsaturated/α-hetero) is 1. The van der Waals surface area contributed by atoms with Gasteiger partial charge >= 0.3 is 0 Å². The van der Waals surface area contributed by atoms with Gasteiger partial charge < -0.3 is 0 Å². The molecule has 0 amide bonds. The van der Waals surface area contributed by atoms with E-state index in [1.54, 1.807) is 6.08 Å². The Morgan fingerprint density at radius 3 is 2.80 bits per heavy atom. The van der Waals surface area contributed by atoms with Crippen molar-refractivity contribution in [1.82, 2.24) is 0 Å².